The standard InChI is InChI=1S/C12H15NO2.ClH/c1-15-12(14)10-7-9(10)11(13)8-5-3-2-4-6-8;/h2-6,9-11H,7,13H2,1H3;1H/p-1/t9-,10-,11+;/m0./s1. The third kappa shape index (κ3) is 2.54. The first-order valence-corrected chi connectivity index (χ1v) is 5.12. The molecule has 3 atom stereocenters. The van der Waals surface area contributed by atoms with Crippen LogP contribution in [0, 0.1) is 11.8 Å². The molecule has 2 N–H and O–H groups in total. The fraction of sp³-hybridized carbons (Fsp3) is 0.417. The Hall–Kier alpha value is -1.06. The maximum absolute atomic E-state index is 11.2. The van der Waals surface area contributed by atoms with Crippen molar-refractivity contribution in [2.75, 3.05) is 7.11 Å². The van der Waals surface area contributed by atoms with Gasteiger partial charge in [0, 0.05) is 6.04 Å². The van der Waals surface area contributed by atoms with Crippen LogP contribution >= 0.6 is 0 Å². The Morgan fingerprint density at radius 3 is 2.62 bits per heavy atom. The molecule has 1 saturated carbocycles. The second kappa shape index (κ2) is 5.32. The van der Waals surface area contributed by atoms with Crippen molar-refractivity contribution in [2.24, 2.45) is 17.6 Å². The third-order valence-electron chi connectivity index (χ3n) is 2.99. The minimum absolute atomic E-state index is 0. The third-order valence-corrected chi connectivity index (χ3v) is 2.99. The molecule has 0 amide bonds. The van der Waals surface area contributed by atoms with Gasteiger partial charge in [-0.1, -0.05) is 30.3 Å². The second-order valence-electron chi connectivity index (χ2n) is 3.97. The molecule has 0 radical (unpaired) electrons. The average Bonchev–Trinajstić information content (AvgIpc) is 3.08. The van der Waals surface area contributed by atoms with Gasteiger partial charge < -0.3 is 22.9 Å². The molecule has 88 valence electrons. The minimum atomic E-state index is -0.133. The second-order valence-corrected chi connectivity index (χ2v) is 3.97. The Balaban J connectivity index is 0.00000128. The molecule has 1 aromatic carbocycles. The van der Waals surface area contributed by atoms with E-state index in [0.29, 0.717) is 0 Å². The van der Waals surface area contributed by atoms with E-state index < -0.39 is 0 Å². The normalized spacial score (nSPS) is 24.1. The van der Waals surface area contributed by atoms with E-state index in [1.165, 1.54) is 7.11 Å². The number of nitrogens with two attached hydrogens (primary N) is 1. The SMILES string of the molecule is COC(=O)[C@H]1C[C@@H]1[C@H](N)c1ccccc1.[Cl-]. The molecule has 1 aliphatic rings. The highest BCUT2D eigenvalue weighted by Crippen LogP contribution is 2.46. The summed E-state index contributed by atoms with van der Waals surface area (Å²) in [5.41, 5.74) is 7.17. The molecule has 3 nitrogen and oxygen atoms in total. The molecule has 2 rings (SSSR count). The van der Waals surface area contributed by atoms with Crippen molar-refractivity contribution < 1.29 is 21.9 Å². The summed E-state index contributed by atoms with van der Waals surface area (Å²) in [4.78, 5) is 11.2. The van der Waals surface area contributed by atoms with E-state index in [4.69, 9.17) is 10.5 Å². The van der Waals surface area contributed by atoms with Gasteiger partial charge >= 0.3 is 5.97 Å². The van der Waals surface area contributed by atoms with Crippen LogP contribution in [0.3, 0.4) is 0 Å². The topological polar surface area (TPSA) is 52.3 Å². The number of esters is 1. The number of halogens is 1. The number of carbonyl (C=O) groups is 1. The van der Waals surface area contributed by atoms with Crippen LogP contribution in [0.15, 0.2) is 30.3 Å². The number of rotatable bonds is 3. The minimum Gasteiger partial charge on any atom is -1.00 e. The number of methoxy groups -OCH3 is 1. The molecule has 1 aliphatic carbocycles. The monoisotopic (exact) mass is 240 g/mol. The van der Waals surface area contributed by atoms with E-state index in [1.807, 2.05) is 30.3 Å². The lowest BCUT2D eigenvalue weighted by atomic mass is 10.0. The number of hydrogen-bond acceptors (Lipinski definition) is 3. The van der Waals surface area contributed by atoms with Gasteiger partial charge in [-0.2, -0.15) is 0 Å². The van der Waals surface area contributed by atoms with Crippen molar-refractivity contribution in [2.45, 2.75) is 12.5 Å². The van der Waals surface area contributed by atoms with Gasteiger partial charge in [-0.3, -0.25) is 4.79 Å². The number of carbonyl (C=O) groups excluding carboxylic acids is 1. The highest BCUT2D eigenvalue weighted by molar-refractivity contribution is 5.75. The molecular weight excluding hydrogens is 226 g/mol. The molecule has 16 heavy (non-hydrogen) atoms. The van der Waals surface area contributed by atoms with Gasteiger partial charge in [-0.15, -0.1) is 0 Å². The summed E-state index contributed by atoms with van der Waals surface area (Å²) in [6.07, 6.45) is 0.850. The molecular formula is C12H15ClNO2-. The predicted molar refractivity (Wildman–Crippen MR) is 57.0 cm³/mol. The first kappa shape index (κ1) is 13.0. The van der Waals surface area contributed by atoms with Crippen LogP contribution in [0.5, 0.6) is 0 Å². The van der Waals surface area contributed by atoms with Gasteiger partial charge in [-0.25, -0.2) is 0 Å². The van der Waals surface area contributed by atoms with Crippen molar-refractivity contribution in [3.05, 3.63) is 35.9 Å². The van der Waals surface area contributed by atoms with Gasteiger partial charge in [0.1, 0.15) is 0 Å². The molecule has 0 aromatic heterocycles. The Labute approximate surface area is 101 Å². The van der Waals surface area contributed by atoms with Gasteiger partial charge in [-0.05, 0) is 17.9 Å². The van der Waals surface area contributed by atoms with E-state index in [9.17, 15) is 4.79 Å². The zero-order valence-corrected chi connectivity index (χ0v) is 9.85. The van der Waals surface area contributed by atoms with E-state index in [-0.39, 0.29) is 36.3 Å². The van der Waals surface area contributed by atoms with Crippen LogP contribution in [0.2, 0.25) is 0 Å². The van der Waals surface area contributed by atoms with E-state index in [1.54, 1.807) is 0 Å². The Morgan fingerprint density at radius 2 is 2.06 bits per heavy atom. The summed E-state index contributed by atoms with van der Waals surface area (Å²) in [6, 6.07) is 9.83. The Bertz CT molecular complexity index is 355. The van der Waals surface area contributed by atoms with Crippen LogP contribution in [-0.2, 0) is 9.53 Å². The van der Waals surface area contributed by atoms with Crippen LogP contribution in [-0.4, -0.2) is 13.1 Å². The zero-order valence-electron chi connectivity index (χ0n) is 9.10. The van der Waals surface area contributed by atoms with Crippen LogP contribution in [0.4, 0.5) is 0 Å². The van der Waals surface area contributed by atoms with Crippen LogP contribution in [0.1, 0.15) is 18.0 Å². The van der Waals surface area contributed by atoms with Crippen molar-refractivity contribution in [3.63, 3.8) is 0 Å². The summed E-state index contributed by atoms with van der Waals surface area (Å²) in [7, 11) is 1.42. The van der Waals surface area contributed by atoms with Crippen LogP contribution in [0.25, 0.3) is 0 Å². The number of benzene rings is 1. The lowest BCUT2D eigenvalue weighted by Gasteiger charge is -2.10. The maximum atomic E-state index is 11.2. The first-order chi connectivity index (χ1) is 7.24. The van der Waals surface area contributed by atoms with Gasteiger partial charge in [0.05, 0.1) is 13.0 Å². The molecule has 0 unspecified atom stereocenters. The summed E-state index contributed by atoms with van der Waals surface area (Å²) in [6.45, 7) is 0. The fourth-order valence-corrected chi connectivity index (χ4v) is 1.96. The molecule has 0 aliphatic heterocycles. The molecule has 1 aromatic rings. The molecule has 0 spiro atoms. The molecule has 1 fully saturated rings. The number of ether oxygens (including phenoxy) is 1. The highest BCUT2D eigenvalue weighted by atomic mass is 35.5. The molecule has 0 bridgehead atoms. The van der Waals surface area contributed by atoms with Crippen molar-refractivity contribution in [1.29, 1.82) is 0 Å². The fourth-order valence-electron chi connectivity index (χ4n) is 1.96. The van der Waals surface area contributed by atoms with E-state index >= 15 is 0 Å². The summed E-state index contributed by atoms with van der Waals surface area (Å²) >= 11 is 0. The van der Waals surface area contributed by atoms with Gasteiger partial charge in [0.25, 0.3) is 0 Å². The first-order valence-electron chi connectivity index (χ1n) is 5.12. The van der Waals surface area contributed by atoms with Crippen LogP contribution < -0.4 is 18.1 Å². The largest absolute Gasteiger partial charge is 1.00 e. The van der Waals surface area contributed by atoms with Crippen molar-refractivity contribution in [3.8, 4) is 0 Å². The lowest BCUT2D eigenvalue weighted by Crippen LogP contribution is -3.00. The van der Waals surface area contributed by atoms with Crippen molar-refractivity contribution >= 4 is 5.97 Å². The van der Waals surface area contributed by atoms with E-state index in [2.05, 4.69) is 0 Å². The lowest BCUT2D eigenvalue weighted by molar-refractivity contribution is -0.142. The quantitative estimate of drug-likeness (QED) is 0.655. The zero-order chi connectivity index (χ0) is 10.8. The van der Waals surface area contributed by atoms with Crippen molar-refractivity contribution in [1.82, 2.24) is 0 Å². The molecule has 0 heterocycles. The summed E-state index contributed by atoms with van der Waals surface area (Å²) < 4.78 is 4.70. The Morgan fingerprint density at radius 1 is 1.44 bits per heavy atom. The predicted octanol–water partition coefficient (Wildman–Crippen LogP) is -1.50. The maximum Gasteiger partial charge on any atom is 0.309 e. The smallest absolute Gasteiger partial charge is 0.309 e. The Kier molecular flexibility index (Phi) is 4.33. The summed E-state index contributed by atoms with van der Waals surface area (Å²) in [5, 5.41) is 0. The van der Waals surface area contributed by atoms with E-state index in [0.717, 1.165) is 12.0 Å². The van der Waals surface area contributed by atoms with Gasteiger partial charge in [0.2, 0.25) is 0 Å². The molecule has 0 saturated heterocycles. The van der Waals surface area contributed by atoms with Gasteiger partial charge in [0.15, 0.2) is 0 Å². The highest BCUT2D eigenvalue weighted by Gasteiger charge is 2.47. The molecule has 4 heteroatoms. The average molecular weight is 241 g/mol. The number of hydrogen-bond donors (Lipinski definition) is 1. The summed E-state index contributed by atoms with van der Waals surface area (Å²) in [5.74, 6) is 0.122.